The van der Waals surface area contributed by atoms with Gasteiger partial charge in [0.25, 0.3) is 0 Å². The first-order chi connectivity index (χ1) is 10.2. The van der Waals surface area contributed by atoms with E-state index in [0.717, 1.165) is 17.7 Å². The summed E-state index contributed by atoms with van der Waals surface area (Å²) in [5.74, 6) is -5.50. The molecule has 2 aliphatic rings. The Morgan fingerprint density at radius 2 is 1.95 bits per heavy atom. The molecular weight excluding hydrogens is 303 g/mol. The molecule has 0 saturated carbocycles. The molecule has 2 aliphatic heterocycles. The summed E-state index contributed by atoms with van der Waals surface area (Å²) in [6.45, 7) is 0.995. The molecule has 126 valence electrons. The van der Waals surface area contributed by atoms with E-state index < -0.39 is 36.4 Å². The van der Waals surface area contributed by atoms with Gasteiger partial charge in [0.1, 0.15) is 0 Å². The maximum Gasteiger partial charge on any atom is 0.394 e. The van der Waals surface area contributed by atoms with Crippen LogP contribution in [0.1, 0.15) is 32.6 Å². The molecule has 5 nitrogen and oxygen atoms in total. The standard InChI is InChI=1S/C14H20F3NO4/c1-8-2-3-9(22-8)4-5-12(19)18-6-10(13(20)21)11(7-18)14(15,16)17/h8-11H,2-7H2,1H3,(H,20,21)/t8?,9?,10-,11-/m1/s1. The average molecular weight is 323 g/mol. The zero-order valence-electron chi connectivity index (χ0n) is 12.3. The molecule has 8 heteroatoms. The molecule has 2 heterocycles. The second-order valence-corrected chi connectivity index (χ2v) is 6.08. The van der Waals surface area contributed by atoms with Crippen LogP contribution in [0.2, 0.25) is 0 Å². The second kappa shape index (κ2) is 6.44. The fraction of sp³-hybridized carbons (Fsp3) is 0.857. The SMILES string of the molecule is CC1CCC(CCC(=O)N2C[C@@H](C(F)(F)F)[C@H](C(=O)O)C2)O1. The van der Waals surface area contributed by atoms with Crippen LogP contribution in [0.3, 0.4) is 0 Å². The molecule has 0 aromatic rings. The van der Waals surface area contributed by atoms with Crippen LogP contribution < -0.4 is 0 Å². The maximum atomic E-state index is 12.9. The molecule has 1 N–H and O–H groups in total. The molecule has 4 atom stereocenters. The lowest BCUT2D eigenvalue weighted by Gasteiger charge is -2.19. The predicted octanol–water partition coefficient (Wildman–Crippen LogP) is 2.06. The summed E-state index contributed by atoms with van der Waals surface area (Å²) >= 11 is 0. The molecule has 2 fully saturated rings. The molecule has 0 aromatic heterocycles. The van der Waals surface area contributed by atoms with E-state index in [1.54, 1.807) is 0 Å². The number of halogens is 3. The monoisotopic (exact) mass is 323 g/mol. The zero-order chi connectivity index (χ0) is 16.5. The second-order valence-electron chi connectivity index (χ2n) is 6.08. The van der Waals surface area contributed by atoms with Crippen molar-refractivity contribution in [3.63, 3.8) is 0 Å². The number of likely N-dealkylation sites (tertiary alicyclic amines) is 1. The van der Waals surface area contributed by atoms with E-state index in [1.807, 2.05) is 6.92 Å². The molecule has 0 spiro atoms. The van der Waals surface area contributed by atoms with Crippen LogP contribution in [0, 0.1) is 11.8 Å². The van der Waals surface area contributed by atoms with Crippen molar-refractivity contribution in [1.82, 2.24) is 4.90 Å². The van der Waals surface area contributed by atoms with E-state index in [-0.39, 0.29) is 25.2 Å². The predicted molar refractivity (Wildman–Crippen MR) is 70.1 cm³/mol. The highest BCUT2D eigenvalue weighted by atomic mass is 19.4. The fourth-order valence-corrected chi connectivity index (χ4v) is 3.13. The van der Waals surface area contributed by atoms with Crippen molar-refractivity contribution in [1.29, 1.82) is 0 Å². The molecular formula is C14H20F3NO4. The van der Waals surface area contributed by atoms with Gasteiger partial charge < -0.3 is 14.7 Å². The van der Waals surface area contributed by atoms with Gasteiger partial charge in [0.05, 0.1) is 24.0 Å². The van der Waals surface area contributed by atoms with Gasteiger partial charge in [-0.1, -0.05) is 0 Å². The normalized spacial score (nSPS) is 32.5. The van der Waals surface area contributed by atoms with E-state index in [4.69, 9.17) is 9.84 Å². The number of carboxylic acid groups (broad SMARTS) is 1. The topological polar surface area (TPSA) is 66.8 Å². The fourth-order valence-electron chi connectivity index (χ4n) is 3.13. The number of ether oxygens (including phenoxy) is 1. The Bertz CT molecular complexity index is 440. The first kappa shape index (κ1) is 17.1. The van der Waals surface area contributed by atoms with Crippen LogP contribution in [0.25, 0.3) is 0 Å². The number of nitrogens with zero attached hydrogens (tertiary/aromatic N) is 1. The van der Waals surface area contributed by atoms with Gasteiger partial charge in [-0.3, -0.25) is 9.59 Å². The summed E-state index contributed by atoms with van der Waals surface area (Å²) in [6, 6.07) is 0. The number of carboxylic acids is 1. The van der Waals surface area contributed by atoms with Crippen molar-refractivity contribution in [2.75, 3.05) is 13.1 Å². The van der Waals surface area contributed by atoms with E-state index in [9.17, 15) is 22.8 Å². The Morgan fingerprint density at radius 1 is 1.27 bits per heavy atom. The number of amides is 1. The molecule has 2 unspecified atom stereocenters. The van der Waals surface area contributed by atoms with Gasteiger partial charge >= 0.3 is 12.1 Å². The lowest BCUT2D eigenvalue weighted by molar-refractivity contribution is -0.188. The van der Waals surface area contributed by atoms with Crippen LogP contribution in [-0.4, -0.2) is 53.4 Å². The number of rotatable bonds is 4. The molecule has 0 radical (unpaired) electrons. The third-order valence-corrected chi connectivity index (χ3v) is 4.41. The Hall–Kier alpha value is -1.31. The van der Waals surface area contributed by atoms with Gasteiger partial charge in [-0.25, -0.2) is 0 Å². The van der Waals surface area contributed by atoms with Crippen molar-refractivity contribution in [2.24, 2.45) is 11.8 Å². The Balaban J connectivity index is 1.89. The van der Waals surface area contributed by atoms with Gasteiger partial charge in [0.15, 0.2) is 0 Å². The van der Waals surface area contributed by atoms with Gasteiger partial charge in [-0.05, 0) is 26.2 Å². The van der Waals surface area contributed by atoms with E-state index in [1.165, 1.54) is 0 Å². The highest BCUT2D eigenvalue weighted by molar-refractivity contribution is 5.79. The lowest BCUT2D eigenvalue weighted by atomic mass is 9.96. The minimum Gasteiger partial charge on any atom is -0.481 e. The molecule has 2 saturated heterocycles. The van der Waals surface area contributed by atoms with Gasteiger partial charge in [0.2, 0.25) is 5.91 Å². The van der Waals surface area contributed by atoms with Gasteiger partial charge in [-0.15, -0.1) is 0 Å². The maximum absolute atomic E-state index is 12.9. The molecule has 0 aliphatic carbocycles. The summed E-state index contributed by atoms with van der Waals surface area (Å²) in [6.07, 6.45) is -2.17. The lowest BCUT2D eigenvalue weighted by Crippen LogP contribution is -2.34. The number of carbonyl (C=O) groups is 2. The highest BCUT2D eigenvalue weighted by Crippen LogP contribution is 2.38. The van der Waals surface area contributed by atoms with Crippen LogP contribution >= 0.6 is 0 Å². The summed E-state index contributed by atoms with van der Waals surface area (Å²) in [4.78, 5) is 24.0. The Morgan fingerprint density at radius 3 is 2.41 bits per heavy atom. The quantitative estimate of drug-likeness (QED) is 0.860. The first-order valence-corrected chi connectivity index (χ1v) is 7.41. The third kappa shape index (κ3) is 3.91. The minimum atomic E-state index is -4.61. The Kier molecular flexibility index (Phi) is 4.99. The van der Waals surface area contributed by atoms with Crippen LogP contribution in [0.4, 0.5) is 13.2 Å². The number of alkyl halides is 3. The summed E-state index contributed by atoms with van der Waals surface area (Å²) in [7, 11) is 0. The van der Waals surface area contributed by atoms with Crippen molar-refractivity contribution in [3.05, 3.63) is 0 Å². The molecule has 0 bridgehead atoms. The highest BCUT2D eigenvalue weighted by Gasteiger charge is 2.53. The van der Waals surface area contributed by atoms with E-state index in [0.29, 0.717) is 6.42 Å². The van der Waals surface area contributed by atoms with Gasteiger partial charge in [0, 0.05) is 19.5 Å². The average Bonchev–Trinajstić information content (AvgIpc) is 3.01. The smallest absolute Gasteiger partial charge is 0.394 e. The largest absolute Gasteiger partial charge is 0.481 e. The van der Waals surface area contributed by atoms with Crippen molar-refractivity contribution < 1.29 is 32.6 Å². The van der Waals surface area contributed by atoms with Crippen LogP contribution in [0.15, 0.2) is 0 Å². The van der Waals surface area contributed by atoms with E-state index >= 15 is 0 Å². The third-order valence-electron chi connectivity index (χ3n) is 4.41. The van der Waals surface area contributed by atoms with E-state index in [2.05, 4.69) is 0 Å². The molecule has 2 rings (SSSR count). The van der Waals surface area contributed by atoms with Crippen LogP contribution in [-0.2, 0) is 14.3 Å². The number of aliphatic carboxylic acids is 1. The first-order valence-electron chi connectivity index (χ1n) is 7.41. The summed E-state index contributed by atoms with van der Waals surface area (Å²) in [5.41, 5.74) is 0. The summed E-state index contributed by atoms with van der Waals surface area (Å²) in [5, 5.41) is 8.92. The Labute approximate surface area is 126 Å². The van der Waals surface area contributed by atoms with Crippen molar-refractivity contribution in [3.8, 4) is 0 Å². The minimum absolute atomic E-state index is 0.0322. The number of carbonyl (C=O) groups excluding carboxylic acids is 1. The van der Waals surface area contributed by atoms with Crippen molar-refractivity contribution in [2.45, 2.75) is 51.0 Å². The summed E-state index contributed by atoms with van der Waals surface area (Å²) < 4.78 is 44.1. The van der Waals surface area contributed by atoms with Gasteiger partial charge in [-0.2, -0.15) is 13.2 Å². The number of hydrogen-bond donors (Lipinski definition) is 1. The zero-order valence-corrected chi connectivity index (χ0v) is 12.3. The van der Waals surface area contributed by atoms with Crippen molar-refractivity contribution >= 4 is 11.9 Å². The van der Waals surface area contributed by atoms with Crippen LogP contribution in [0.5, 0.6) is 0 Å². The molecule has 1 amide bonds. The molecule has 22 heavy (non-hydrogen) atoms. The number of hydrogen-bond acceptors (Lipinski definition) is 3. The molecule has 0 aromatic carbocycles.